The number of hydrogen-bond donors (Lipinski definition) is 2. The highest BCUT2D eigenvalue weighted by atomic mass is 127. The Morgan fingerprint density at radius 1 is 1.13 bits per heavy atom. The smallest absolute Gasteiger partial charge is 0.191 e. The van der Waals surface area contributed by atoms with E-state index < -0.39 is 14.6 Å². The summed E-state index contributed by atoms with van der Waals surface area (Å²) in [6.07, 6.45) is 7.98. The van der Waals surface area contributed by atoms with Gasteiger partial charge in [0.2, 0.25) is 0 Å². The summed E-state index contributed by atoms with van der Waals surface area (Å²) in [5, 5.41) is 6.35. The minimum Gasteiger partial charge on any atom is -0.356 e. The van der Waals surface area contributed by atoms with E-state index >= 15 is 0 Å². The van der Waals surface area contributed by atoms with Gasteiger partial charge in [-0.05, 0) is 39.5 Å². The van der Waals surface area contributed by atoms with Crippen LogP contribution in [0.25, 0.3) is 0 Å². The molecule has 0 aliphatic heterocycles. The van der Waals surface area contributed by atoms with Crippen LogP contribution in [0.15, 0.2) is 4.99 Å². The fourth-order valence-corrected chi connectivity index (χ4v) is 3.71. The Balaban J connectivity index is 0.00000484. The first-order valence-electron chi connectivity index (χ1n) is 8.43. The number of nitrogens with one attached hydrogen (secondary N) is 2. The molecule has 5 nitrogen and oxygen atoms in total. The molecule has 1 fully saturated rings. The van der Waals surface area contributed by atoms with E-state index in [2.05, 4.69) is 15.6 Å². The van der Waals surface area contributed by atoms with Gasteiger partial charge in [-0.1, -0.05) is 25.7 Å². The zero-order chi connectivity index (χ0) is 16.6. The minimum atomic E-state index is -3.08. The summed E-state index contributed by atoms with van der Waals surface area (Å²) < 4.78 is 23.4. The molecule has 7 heteroatoms. The van der Waals surface area contributed by atoms with Crippen LogP contribution >= 0.6 is 24.0 Å². The normalized spacial score (nSPS) is 17.0. The summed E-state index contributed by atoms with van der Waals surface area (Å²) in [7, 11) is -1.37. The number of hydrogen-bond acceptors (Lipinski definition) is 3. The summed E-state index contributed by atoms with van der Waals surface area (Å²) in [4.78, 5) is 4.14. The van der Waals surface area contributed by atoms with Gasteiger partial charge in [0.15, 0.2) is 15.8 Å². The van der Waals surface area contributed by atoms with Crippen LogP contribution in [0.3, 0.4) is 0 Å². The molecular weight excluding hydrogens is 425 g/mol. The predicted octanol–water partition coefficient (Wildman–Crippen LogP) is 2.95. The first-order valence-corrected chi connectivity index (χ1v) is 10.1. The van der Waals surface area contributed by atoms with Crippen molar-refractivity contribution in [1.29, 1.82) is 0 Å². The topological polar surface area (TPSA) is 70.6 Å². The third kappa shape index (κ3) is 8.56. The van der Waals surface area contributed by atoms with E-state index in [-0.39, 0.29) is 29.7 Å². The standard InChI is InChI=1S/C16H33N3O2S.HI/c1-16(2,3)22(20,21)13-12-19-15(17-4)18-11-7-10-14-8-5-6-9-14;/h14H,5-13H2,1-4H3,(H2,17,18,19);1H. The molecule has 0 bridgehead atoms. The van der Waals surface area contributed by atoms with Gasteiger partial charge in [-0.3, -0.25) is 4.99 Å². The van der Waals surface area contributed by atoms with Crippen molar-refractivity contribution in [1.82, 2.24) is 10.6 Å². The zero-order valence-electron chi connectivity index (χ0n) is 15.0. The number of guanidine groups is 1. The summed E-state index contributed by atoms with van der Waals surface area (Å²) >= 11 is 0. The molecule has 2 N–H and O–H groups in total. The highest BCUT2D eigenvalue weighted by Crippen LogP contribution is 2.28. The molecule has 0 aromatic rings. The Kier molecular flexibility index (Phi) is 10.7. The Labute approximate surface area is 159 Å². The van der Waals surface area contributed by atoms with Gasteiger partial charge in [-0.25, -0.2) is 8.42 Å². The van der Waals surface area contributed by atoms with Gasteiger partial charge in [-0.15, -0.1) is 24.0 Å². The first-order chi connectivity index (χ1) is 10.3. The molecule has 1 aliphatic rings. The van der Waals surface area contributed by atoms with Crippen molar-refractivity contribution in [2.24, 2.45) is 10.9 Å². The van der Waals surface area contributed by atoms with Crippen molar-refractivity contribution >= 4 is 39.8 Å². The van der Waals surface area contributed by atoms with Crippen LogP contribution in [0.4, 0.5) is 0 Å². The van der Waals surface area contributed by atoms with Gasteiger partial charge >= 0.3 is 0 Å². The van der Waals surface area contributed by atoms with E-state index in [9.17, 15) is 8.42 Å². The molecule has 0 aromatic carbocycles. The largest absolute Gasteiger partial charge is 0.356 e. The van der Waals surface area contributed by atoms with Crippen LogP contribution in [-0.4, -0.2) is 45.0 Å². The molecule has 1 rings (SSSR count). The molecule has 0 heterocycles. The Hall–Kier alpha value is -0.0500. The van der Waals surface area contributed by atoms with Gasteiger partial charge in [0.1, 0.15) is 0 Å². The average Bonchev–Trinajstić information content (AvgIpc) is 2.93. The summed E-state index contributed by atoms with van der Waals surface area (Å²) in [6.45, 7) is 6.49. The summed E-state index contributed by atoms with van der Waals surface area (Å²) in [6, 6.07) is 0. The molecule has 23 heavy (non-hydrogen) atoms. The highest BCUT2D eigenvalue weighted by Gasteiger charge is 2.28. The lowest BCUT2D eigenvalue weighted by Crippen LogP contribution is -2.42. The highest BCUT2D eigenvalue weighted by molar-refractivity contribution is 14.0. The fourth-order valence-electron chi connectivity index (χ4n) is 2.73. The first kappa shape index (κ1) is 22.9. The lowest BCUT2D eigenvalue weighted by Gasteiger charge is -2.20. The molecule has 0 unspecified atom stereocenters. The molecule has 138 valence electrons. The van der Waals surface area contributed by atoms with Crippen LogP contribution in [0.1, 0.15) is 59.3 Å². The van der Waals surface area contributed by atoms with Gasteiger partial charge in [-0.2, -0.15) is 0 Å². The van der Waals surface area contributed by atoms with E-state index in [1.165, 1.54) is 32.1 Å². The van der Waals surface area contributed by atoms with Gasteiger partial charge < -0.3 is 10.6 Å². The molecular formula is C16H34IN3O2S. The van der Waals surface area contributed by atoms with Crippen LogP contribution in [0.5, 0.6) is 0 Å². The number of aliphatic imine (C=N–C) groups is 1. The summed E-state index contributed by atoms with van der Waals surface area (Å²) in [5.74, 6) is 1.73. The third-order valence-electron chi connectivity index (χ3n) is 4.38. The maximum absolute atomic E-state index is 12.0. The van der Waals surface area contributed by atoms with E-state index in [1.54, 1.807) is 27.8 Å². The minimum absolute atomic E-state index is 0. The quantitative estimate of drug-likeness (QED) is 0.266. The second-order valence-electron chi connectivity index (χ2n) is 7.15. The maximum Gasteiger partial charge on any atom is 0.191 e. The van der Waals surface area contributed by atoms with Crippen molar-refractivity contribution in [3.05, 3.63) is 0 Å². The molecule has 0 spiro atoms. The van der Waals surface area contributed by atoms with Crippen LogP contribution < -0.4 is 10.6 Å². The third-order valence-corrected chi connectivity index (χ3v) is 6.98. The Bertz CT molecular complexity index is 452. The number of sulfone groups is 1. The molecule has 0 saturated heterocycles. The van der Waals surface area contributed by atoms with E-state index in [1.807, 2.05) is 0 Å². The molecule has 0 radical (unpaired) electrons. The van der Waals surface area contributed by atoms with E-state index in [0.29, 0.717) is 12.5 Å². The van der Waals surface area contributed by atoms with Gasteiger partial charge in [0, 0.05) is 20.1 Å². The molecule has 0 atom stereocenters. The van der Waals surface area contributed by atoms with Crippen LogP contribution in [-0.2, 0) is 9.84 Å². The maximum atomic E-state index is 12.0. The van der Waals surface area contributed by atoms with Crippen molar-refractivity contribution in [3.63, 3.8) is 0 Å². The zero-order valence-corrected chi connectivity index (χ0v) is 18.2. The van der Waals surface area contributed by atoms with E-state index in [0.717, 1.165) is 18.9 Å². The number of halogens is 1. The van der Waals surface area contributed by atoms with Gasteiger partial charge in [0.05, 0.1) is 10.5 Å². The Morgan fingerprint density at radius 3 is 2.22 bits per heavy atom. The van der Waals surface area contributed by atoms with Crippen molar-refractivity contribution in [2.45, 2.75) is 64.0 Å². The Morgan fingerprint density at radius 2 is 1.70 bits per heavy atom. The molecule has 1 saturated carbocycles. The average molecular weight is 459 g/mol. The SMILES string of the molecule is CN=C(NCCCC1CCCC1)NCCS(=O)(=O)C(C)(C)C.I. The van der Waals surface area contributed by atoms with Crippen molar-refractivity contribution in [2.75, 3.05) is 25.9 Å². The fraction of sp³-hybridized carbons (Fsp3) is 0.938. The van der Waals surface area contributed by atoms with Crippen LogP contribution in [0.2, 0.25) is 0 Å². The lowest BCUT2D eigenvalue weighted by molar-refractivity contribution is 0.481. The second-order valence-corrected chi connectivity index (χ2v) is 10.0. The lowest BCUT2D eigenvalue weighted by atomic mass is 10.0. The van der Waals surface area contributed by atoms with Gasteiger partial charge in [0.25, 0.3) is 0 Å². The molecule has 0 aromatic heterocycles. The number of nitrogens with zero attached hydrogens (tertiary/aromatic N) is 1. The van der Waals surface area contributed by atoms with Crippen LogP contribution in [0, 0.1) is 5.92 Å². The molecule has 1 aliphatic carbocycles. The monoisotopic (exact) mass is 459 g/mol. The predicted molar refractivity (Wildman–Crippen MR) is 110 cm³/mol. The summed E-state index contributed by atoms with van der Waals surface area (Å²) in [5.41, 5.74) is 0. The second kappa shape index (κ2) is 10.7. The van der Waals surface area contributed by atoms with Crippen molar-refractivity contribution < 1.29 is 8.42 Å². The molecule has 0 amide bonds. The van der Waals surface area contributed by atoms with E-state index in [4.69, 9.17) is 0 Å². The van der Waals surface area contributed by atoms with Crippen molar-refractivity contribution in [3.8, 4) is 0 Å². The number of rotatable bonds is 7.